The standard InChI is InChI=1S/C21H23N5O3/c1-14-11-20(26(25-14)17-6-9-28-10-7-17)29-18-5-8-23-19(13-18)24-16-4-2-3-15(12-16)21(22)27/h2-5,8,11-13,17H,6-7,9-10H2,1H3,(H2,22,27)(H,23,24). The van der Waals surface area contributed by atoms with Gasteiger partial charge in [0.05, 0.1) is 11.7 Å². The zero-order chi connectivity index (χ0) is 20.2. The molecule has 1 fully saturated rings. The molecule has 29 heavy (non-hydrogen) atoms. The molecule has 1 aliphatic heterocycles. The van der Waals surface area contributed by atoms with Crippen molar-refractivity contribution in [3.8, 4) is 11.6 Å². The number of primary amides is 1. The summed E-state index contributed by atoms with van der Waals surface area (Å²) in [7, 11) is 0. The van der Waals surface area contributed by atoms with Crippen LogP contribution in [0.4, 0.5) is 11.5 Å². The van der Waals surface area contributed by atoms with Crippen LogP contribution in [0.15, 0.2) is 48.7 Å². The fourth-order valence-electron chi connectivity index (χ4n) is 3.32. The largest absolute Gasteiger partial charge is 0.439 e. The maximum absolute atomic E-state index is 11.4. The summed E-state index contributed by atoms with van der Waals surface area (Å²) in [6.07, 6.45) is 3.49. The van der Waals surface area contributed by atoms with Crippen LogP contribution in [0.5, 0.6) is 11.6 Å². The molecule has 8 nitrogen and oxygen atoms in total. The number of amides is 1. The molecule has 3 N–H and O–H groups in total. The quantitative estimate of drug-likeness (QED) is 0.663. The van der Waals surface area contributed by atoms with E-state index in [1.807, 2.05) is 23.7 Å². The van der Waals surface area contributed by atoms with Crippen molar-refractivity contribution in [2.75, 3.05) is 18.5 Å². The Bertz CT molecular complexity index is 1010. The molecular weight excluding hydrogens is 370 g/mol. The van der Waals surface area contributed by atoms with Gasteiger partial charge in [0, 0.05) is 42.8 Å². The molecular formula is C21H23N5O3. The number of rotatable bonds is 6. The molecule has 0 bridgehead atoms. The van der Waals surface area contributed by atoms with Crippen LogP contribution in [0.25, 0.3) is 0 Å². The van der Waals surface area contributed by atoms with E-state index >= 15 is 0 Å². The molecule has 3 heterocycles. The minimum atomic E-state index is -0.476. The average Bonchev–Trinajstić information content (AvgIpc) is 3.09. The molecule has 1 aromatic carbocycles. The molecule has 0 saturated carbocycles. The Kier molecular flexibility index (Phi) is 5.44. The number of carbonyl (C=O) groups excluding carboxylic acids is 1. The van der Waals surface area contributed by atoms with Crippen molar-refractivity contribution in [1.82, 2.24) is 14.8 Å². The molecule has 0 atom stereocenters. The summed E-state index contributed by atoms with van der Waals surface area (Å²) in [5.41, 5.74) is 7.40. The smallest absolute Gasteiger partial charge is 0.248 e. The summed E-state index contributed by atoms with van der Waals surface area (Å²) >= 11 is 0. The fraction of sp³-hybridized carbons (Fsp3) is 0.286. The lowest BCUT2D eigenvalue weighted by atomic mass is 10.1. The van der Waals surface area contributed by atoms with Crippen molar-refractivity contribution in [2.45, 2.75) is 25.8 Å². The van der Waals surface area contributed by atoms with Crippen LogP contribution >= 0.6 is 0 Å². The number of aryl methyl sites for hydroxylation is 1. The monoisotopic (exact) mass is 393 g/mol. The van der Waals surface area contributed by atoms with Crippen molar-refractivity contribution in [1.29, 1.82) is 0 Å². The molecule has 3 aromatic rings. The summed E-state index contributed by atoms with van der Waals surface area (Å²) in [4.78, 5) is 15.7. The minimum absolute atomic E-state index is 0.267. The van der Waals surface area contributed by atoms with Crippen LogP contribution in [-0.4, -0.2) is 33.9 Å². The van der Waals surface area contributed by atoms with Gasteiger partial charge in [-0.1, -0.05) is 6.07 Å². The zero-order valence-corrected chi connectivity index (χ0v) is 16.2. The Morgan fingerprint density at radius 2 is 2.07 bits per heavy atom. The third-order valence-electron chi connectivity index (χ3n) is 4.73. The second kappa shape index (κ2) is 8.32. The highest BCUT2D eigenvalue weighted by atomic mass is 16.5. The lowest BCUT2D eigenvalue weighted by Gasteiger charge is -2.23. The number of pyridine rings is 1. The van der Waals surface area contributed by atoms with Crippen LogP contribution in [0, 0.1) is 6.92 Å². The number of anilines is 2. The van der Waals surface area contributed by atoms with Gasteiger partial charge in [-0.25, -0.2) is 9.67 Å². The van der Waals surface area contributed by atoms with E-state index in [2.05, 4.69) is 15.4 Å². The van der Waals surface area contributed by atoms with E-state index in [1.165, 1.54) is 0 Å². The molecule has 0 radical (unpaired) electrons. The maximum atomic E-state index is 11.4. The van der Waals surface area contributed by atoms with Crippen LogP contribution < -0.4 is 15.8 Å². The first-order chi connectivity index (χ1) is 14.1. The first kappa shape index (κ1) is 18.9. The van der Waals surface area contributed by atoms with Crippen molar-refractivity contribution in [3.05, 3.63) is 59.9 Å². The van der Waals surface area contributed by atoms with Gasteiger partial charge in [0.2, 0.25) is 11.8 Å². The number of nitrogens with zero attached hydrogens (tertiary/aromatic N) is 3. The van der Waals surface area contributed by atoms with E-state index < -0.39 is 5.91 Å². The SMILES string of the molecule is Cc1cc(Oc2ccnc(Nc3cccc(C(N)=O)c3)c2)n(C2CCOCC2)n1. The maximum Gasteiger partial charge on any atom is 0.248 e. The summed E-state index contributed by atoms with van der Waals surface area (Å²) in [5, 5.41) is 7.78. The molecule has 0 spiro atoms. The predicted octanol–water partition coefficient (Wildman–Crippen LogP) is 3.57. The lowest BCUT2D eigenvalue weighted by molar-refractivity contribution is 0.0642. The number of nitrogens with two attached hydrogens (primary N) is 1. The number of ether oxygens (including phenoxy) is 2. The van der Waals surface area contributed by atoms with Gasteiger partial charge in [0.15, 0.2) is 0 Å². The van der Waals surface area contributed by atoms with E-state index in [0.29, 0.717) is 28.7 Å². The highest BCUT2D eigenvalue weighted by Gasteiger charge is 2.21. The normalized spacial score (nSPS) is 14.5. The summed E-state index contributed by atoms with van der Waals surface area (Å²) in [6.45, 7) is 3.42. The minimum Gasteiger partial charge on any atom is -0.439 e. The van der Waals surface area contributed by atoms with Gasteiger partial charge in [-0.05, 0) is 44.0 Å². The Labute approximate surface area is 168 Å². The summed E-state index contributed by atoms with van der Waals surface area (Å²) in [6, 6.07) is 12.7. The third-order valence-corrected chi connectivity index (χ3v) is 4.73. The molecule has 0 unspecified atom stereocenters. The Balaban J connectivity index is 1.53. The first-order valence-corrected chi connectivity index (χ1v) is 9.53. The third kappa shape index (κ3) is 4.55. The second-order valence-electron chi connectivity index (χ2n) is 6.96. The number of hydrogen-bond donors (Lipinski definition) is 2. The molecule has 2 aromatic heterocycles. The highest BCUT2D eigenvalue weighted by Crippen LogP contribution is 2.30. The fourth-order valence-corrected chi connectivity index (χ4v) is 3.32. The van der Waals surface area contributed by atoms with Crippen LogP contribution in [-0.2, 0) is 4.74 Å². The number of benzene rings is 1. The van der Waals surface area contributed by atoms with Crippen LogP contribution in [0.2, 0.25) is 0 Å². The Morgan fingerprint density at radius 3 is 2.86 bits per heavy atom. The Morgan fingerprint density at radius 1 is 1.24 bits per heavy atom. The predicted molar refractivity (Wildman–Crippen MR) is 109 cm³/mol. The Hall–Kier alpha value is -3.39. The molecule has 1 saturated heterocycles. The summed E-state index contributed by atoms with van der Waals surface area (Å²) < 4.78 is 13.5. The van der Waals surface area contributed by atoms with E-state index in [1.54, 1.807) is 36.5 Å². The second-order valence-corrected chi connectivity index (χ2v) is 6.96. The lowest BCUT2D eigenvalue weighted by Crippen LogP contribution is -2.21. The average molecular weight is 393 g/mol. The van der Waals surface area contributed by atoms with Gasteiger partial charge in [-0.2, -0.15) is 5.10 Å². The van der Waals surface area contributed by atoms with Gasteiger partial charge in [-0.15, -0.1) is 0 Å². The summed E-state index contributed by atoms with van der Waals surface area (Å²) in [5.74, 6) is 1.46. The molecule has 4 rings (SSSR count). The van der Waals surface area contributed by atoms with Gasteiger partial charge in [-0.3, -0.25) is 4.79 Å². The van der Waals surface area contributed by atoms with Crippen LogP contribution in [0.1, 0.15) is 34.9 Å². The first-order valence-electron chi connectivity index (χ1n) is 9.53. The molecule has 8 heteroatoms. The van der Waals surface area contributed by atoms with Crippen molar-refractivity contribution < 1.29 is 14.3 Å². The van der Waals surface area contributed by atoms with Gasteiger partial charge < -0.3 is 20.5 Å². The number of nitrogens with one attached hydrogen (secondary N) is 1. The van der Waals surface area contributed by atoms with E-state index in [4.69, 9.17) is 15.2 Å². The number of aromatic nitrogens is 3. The molecule has 150 valence electrons. The number of carbonyl (C=O) groups is 1. The zero-order valence-electron chi connectivity index (χ0n) is 16.2. The topological polar surface area (TPSA) is 104 Å². The van der Waals surface area contributed by atoms with Crippen molar-refractivity contribution in [2.24, 2.45) is 5.73 Å². The van der Waals surface area contributed by atoms with Gasteiger partial charge >= 0.3 is 0 Å². The van der Waals surface area contributed by atoms with Gasteiger partial charge in [0.1, 0.15) is 11.6 Å². The molecule has 0 aliphatic carbocycles. The van der Waals surface area contributed by atoms with E-state index in [0.717, 1.165) is 31.7 Å². The number of hydrogen-bond acceptors (Lipinski definition) is 6. The molecule has 1 amide bonds. The molecule has 1 aliphatic rings. The van der Waals surface area contributed by atoms with Gasteiger partial charge in [0.25, 0.3) is 0 Å². The van der Waals surface area contributed by atoms with Crippen molar-refractivity contribution >= 4 is 17.4 Å². The van der Waals surface area contributed by atoms with E-state index in [-0.39, 0.29) is 6.04 Å². The van der Waals surface area contributed by atoms with Crippen molar-refractivity contribution in [3.63, 3.8) is 0 Å². The van der Waals surface area contributed by atoms with E-state index in [9.17, 15) is 4.79 Å². The van der Waals surface area contributed by atoms with Crippen LogP contribution in [0.3, 0.4) is 0 Å². The highest BCUT2D eigenvalue weighted by molar-refractivity contribution is 5.93.